The van der Waals surface area contributed by atoms with Gasteiger partial charge in [-0.15, -0.1) is 0 Å². The van der Waals surface area contributed by atoms with Crippen LogP contribution in [-0.4, -0.2) is 24.1 Å². The fourth-order valence-corrected chi connectivity index (χ4v) is 2.62. The maximum absolute atomic E-state index is 12.5. The highest BCUT2D eigenvalue weighted by Gasteiger charge is 2.21. The van der Waals surface area contributed by atoms with Crippen LogP contribution in [0.2, 0.25) is 0 Å². The summed E-state index contributed by atoms with van der Waals surface area (Å²) < 4.78 is 11.3. The van der Waals surface area contributed by atoms with Crippen LogP contribution in [0.1, 0.15) is 49.7 Å². The molecule has 1 atom stereocenters. The van der Waals surface area contributed by atoms with Crippen molar-refractivity contribution in [2.75, 3.05) is 13.2 Å². The third-order valence-electron chi connectivity index (χ3n) is 3.82. The van der Waals surface area contributed by atoms with Gasteiger partial charge in [-0.2, -0.15) is 0 Å². The second-order valence-corrected chi connectivity index (χ2v) is 6.00. The highest BCUT2D eigenvalue weighted by atomic mass is 16.5. The number of nitrogens with zero attached hydrogens (tertiary/aromatic N) is 1. The van der Waals surface area contributed by atoms with E-state index in [9.17, 15) is 4.79 Å². The van der Waals surface area contributed by atoms with E-state index in [-0.39, 0.29) is 17.9 Å². The molecule has 134 valence electrons. The molecule has 0 bridgehead atoms. The number of nitrogens with one attached hydrogen (secondary N) is 1. The van der Waals surface area contributed by atoms with Gasteiger partial charge in [-0.1, -0.05) is 19.9 Å². The highest BCUT2D eigenvalue weighted by molar-refractivity contribution is 5.94. The van der Waals surface area contributed by atoms with Crippen molar-refractivity contribution in [3.63, 3.8) is 0 Å². The van der Waals surface area contributed by atoms with Gasteiger partial charge in [0.1, 0.15) is 0 Å². The average molecular weight is 342 g/mol. The van der Waals surface area contributed by atoms with Crippen LogP contribution in [0.4, 0.5) is 0 Å². The van der Waals surface area contributed by atoms with Gasteiger partial charge in [0, 0.05) is 18.0 Å². The Morgan fingerprint density at radius 3 is 2.28 bits per heavy atom. The summed E-state index contributed by atoms with van der Waals surface area (Å²) >= 11 is 0. The first-order valence-electron chi connectivity index (χ1n) is 8.67. The molecule has 1 aromatic carbocycles. The number of rotatable bonds is 8. The number of benzene rings is 1. The van der Waals surface area contributed by atoms with E-state index in [1.165, 1.54) is 0 Å². The summed E-state index contributed by atoms with van der Waals surface area (Å²) in [5, 5.41) is 3.11. The van der Waals surface area contributed by atoms with Gasteiger partial charge >= 0.3 is 0 Å². The van der Waals surface area contributed by atoms with Crippen LogP contribution >= 0.6 is 0 Å². The summed E-state index contributed by atoms with van der Waals surface area (Å²) in [6.45, 7) is 9.16. The average Bonchev–Trinajstić information content (AvgIpc) is 2.62. The van der Waals surface area contributed by atoms with Crippen LogP contribution in [-0.2, 0) is 0 Å². The van der Waals surface area contributed by atoms with Crippen LogP contribution in [0.5, 0.6) is 11.5 Å². The molecule has 0 aliphatic heterocycles. The second-order valence-electron chi connectivity index (χ2n) is 6.00. The van der Waals surface area contributed by atoms with Crippen molar-refractivity contribution in [3.05, 3.63) is 53.9 Å². The van der Waals surface area contributed by atoms with E-state index >= 15 is 0 Å². The van der Waals surface area contributed by atoms with E-state index in [1.807, 2.05) is 32.0 Å². The Morgan fingerprint density at radius 1 is 1.04 bits per heavy atom. The maximum Gasteiger partial charge on any atom is 0.251 e. The monoisotopic (exact) mass is 342 g/mol. The molecule has 5 nitrogen and oxygen atoms in total. The highest BCUT2D eigenvalue weighted by Crippen LogP contribution is 2.33. The predicted molar refractivity (Wildman–Crippen MR) is 98.1 cm³/mol. The standard InChI is InChI=1S/C20H26N2O3/c1-5-24-17-8-7-16(13-18(17)25-6-2)19(14(3)4)22-20(23)15-9-11-21-12-10-15/h7-14,19H,5-6H2,1-4H3,(H,22,23). The first kappa shape index (κ1) is 18.8. The molecule has 5 heteroatoms. The van der Waals surface area contributed by atoms with Gasteiger partial charge in [0.2, 0.25) is 0 Å². The lowest BCUT2D eigenvalue weighted by molar-refractivity contribution is 0.0925. The van der Waals surface area contributed by atoms with E-state index in [2.05, 4.69) is 24.1 Å². The van der Waals surface area contributed by atoms with Crippen molar-refractivity contribution < 1.29 is 14.3 Å². The van der Waals surface area contributed by atoms with Crippen LogP contribution in [0.3, 0.4) is 0 Å². The Labute approximate surface area is 149 Å². The molecular weight excluding hydrogens is 316 g/mol. The van der Waals surface area contributed by atoms with Gasteiger partial charge in [0.15, 0.2) is 11.5 Å². The molecule has 0 fully saturated rings. The first-order valence-corrected chi connectivity index (χ1v) is 8.67. The molecule has 1 unspecified atom stereocenters. The molecule has 0 saturated carbocycles. The third kappa shape index (κ3) is 4.95. The number of hydrogen-bond acceptors (Lipinski definition) is 4. The molecule has 25 heavy (non-hydrogen) atoms. The topological polar surface area (TPSA) is 60.5 Å². The molecule has 0 saturated heterocycles. The molecule has 0 aliphatic rings. The molecule has 0 aliphatic carbocycles. The minimum Gasteiger partial charge on any atom is -0.490 e. The number of aromatic nitrogens is 1. The summed E-state index contributed by atoms with van der Waals surface area (Å²) in [5.74, 6) is 1.52. The summed E-state index contributed by atoms with van der Waals surface area (Å²) in [7, 11) is 0. The normalized spacial score (nSPS) is 11.9. The van der Waals surface area contributed by atoms with E-state index in [0.29, 0.717) is 24.5 Å². The van der Waals surface area contributed by atoms with Crippen molar-refractivity contribution in [3.8, 4) is 11.5 Å². The summed E-state index contributed by atoms with van der Waals surface area (Å²) in [5.41, 5.74) is 1.58. The molecule has 1 heterocycles. The van der Waals surface area contributed by atoms with E-state index in [1.54, 1.807) is 24.5 Å². The van der Waals surface area contributed by atoms with Gasteiger partial charge < -0.3 is 14.8 Å². The van der Waals surface area contributed by atoms with Crippen LogP contribution < -0.4 is 14.8 Å². The predicted octanol–water partition coefficient (Wildman–Crippen LogP) is 4.01. The van der Waals surface area contributed by atoms with Crippen LogP contribution in [0, 0.1) is 5.92 Å². The summed E-state index contributed by atoms with van der Waals surface area (Å²) in [4.78, 5) is 16.5. The lowest BCUT2D eigenvalue weighted by Gasteiger charge is -2.24. The summed E-state index contributed by atoms with van der Waals surface area (Å²) in [6, 6.07) is 9.11. The fraction of sp³-hybridized carbons (Fsp3) is 0.400. The Hall–Kier alpha value is -2.56. The van der Waals surface area contributed by atoms with Crippen molar-refractivity contribution in [2.24, 2.45) is 5.92 Å². The molecule has 1 aromatic heterocycles. The SMILES string of the molecule is CCOc1ccc(C(NC(=O)c2ccncc2)C(C)C)cc1OCC. The Morgan fingerprint density at radius 2 is 1.68 bits per heavy atom. The number of carbonyl (C=O) groups excluding carboxylic acids is 1. The Kier molecular flexibility index (Phi) is 6.81. The largest absolute Gasteiger partial charge is 0.490 e. The quantitative estimate of drug-likeness (QED) is 0.787. The zero-order valence-corrected chi connectivity index (χ0v) is 15.3. The first-order chi connectivity index (χ1) is 12.1. The zero-order chi connectivity index (χ0) is 18.2. The molecule has 2 aromatic rings. The molecule has 0 radical (unpaired) electrons. The van der Waals surface area contributed by atoms with E-state index in [4.69, 9.17) is 9.47 Å². The van der Waals surface area contributed by atoms with Crippen LogP contribution in [0.25, 0.3) is 0 Å². The third-order valence-corrected chi connectivity index (χ3v) is 3.82. The fourth-order valence-electron chi connectivity index (χ4n) is 2.62. The second kappa shape index (κ2) is 9.06. The molecule has 0 spiro atoms. The Bertz CT molecular complexity index is 687. The number of pyridine rings is 1. The van der Waals surface area contributed by atoms with Crippen molar-refractivity contribution >= 4 is 5.91 Å². The maximum atomic E-state index is 12.5. The minimum absolute atomic E-state index is 0.118. The molecular formula is C20H26N2O3. The minimum atomic E-state index is -0.129. The molecule has 1 N–H and O–H groups in total. The van der Waals surface area contributed by atoms with Gasteiger partial charge in [0.25, 0.3) is 5.91 Å². The van der Waals surface area contributed by atoms with E-state index < -0.39 is 0 Å². The van der Waals surface area contributed by atoms with Crippen LogP contribution in [0.15, 0.2) is 42.7 Å². The van der Waals surface area contributed by atoms with E-state index in [0.717, 1.165) is 11.3 Å². The molecule has 2 rings (SSSR count). The van der Waals surface area contributed by atoms with Crippen molar-refractivity contribution in [2.45, 2.75) is 33.7 Å². The zero-order valence-electron chi connectivity index (χ0n) is 15.3. The lowest BCUT2D eigenvalue weighted by atomic mass is 9.95. The van der Waals surface area contributed by atoms with Crippen molar-refractivity contribution in [1.29, 1.82) is 0 Å². The van der Waals surface area contributed by atoms with Gasteiger partial charge in [-0.3, -0.25) is 9.78 Å². The number of hydrogen-bond donors (Lipinski definition) is 1. The Balaban J connectivity index is 2.27. The number of carbonyl (C=O) groups is 1. The lowest BCUT2D eigenvalue weighted by Crippen LogP contribution is -2.31. The van der Waals surface area contributed by atoms with Crippen molar-refractivity contribution in [1.82, 2.24) is 10.3 Å². The summed E-state index contributed by atoms with van der Waals surface area (Å²) in [6.07, 6.45) is 3.23. The number of ether oxygens (including phenoxy) is 2. The smallest absolute Gasteiger partial charge is 0.251 e. The molecule has 1 amide bonds. The van der Waals surface area contributed by atoms with Gasteiger partial charge in [0.05, 0.1) is 19.3 Å². The van der Waals surface area contributed by atoms with Gasteiger partial charge in [-0.05, 0) is 49.6 Å². The van der Waals surface area contributed by atoms with Gasteiger partial charge in [-0.25, -0.2) is 0 Å². The number of amides is 1.